The van der Waals surface area contributed by atoms with Crippen LogP contribution in [0.2, 0.25) is 0 Å². The molecule has 0 saturated carbocycles. The summed E-state index contributed by atoms with van der Waals surface area (Å²) in [6.07, 6.45) is 1.77. The van der Waals surface area contributed by atoms with Crippen LogP contribution in [0.4, 0.5) is 0 Å². The highest BCUT2D eigenvalue weighted by Crippen LogP contribution is 2.17. The van der Waals surface area contributed by atoms with Crippen molar-refractivity contribution in [3.63, 3.8) is 0 Å². The molecule has 0 aliphatic carbocycles. The van der Waals surface area contributed by atoms with E-state index < -0.39 is 10.8 Å². The molecular formula is C19H37N5O5S. The van der Waals surface area contributed by atoms with E-state index in [1.54, 1.807) is 6.26 Å². The second-order valence-corrected chi connectivity index (χ2v) is 8.88. The Balaban J connectivity index is 1.42. The van der Waals surface area contributed by atoms with Crippen molar-refractivity contribution < 1.29 is 23.2 Å². The Labute approximate surface area is 182 Å². The van der Waals surface area contributed by atoms with E-state index >= 15 is 0 Å². The molecule has 1 aliphatic heterocycles. The summed E-state index contributed by atoms with van der Waals surface area (Å²) in [5.41, 5.74) is 2.04. The van der Waals surface area contributed by atoms with Gasteiger partial charge in [0.15, 0.2) is 0 Å². The van der Waals surface area contributed by atoms with Crippen molar-refractivity contribution >= 4 is 10.8 Å². The zero-order chi connectivity index (χ0) is 21.6. The number of aromatic nitrogens is 3. The largest absolute Gasteiger partial charge is 0.378 e. The Hall–Kier alpha value is -0.950. The summed E-state index contributed by atoms with van der Waals surface area (Å²) in [4.78, 5) is 2.25. The predicted molar refractivity (Wildman–Crippen MR) is 115 cm³/mol. The summed E-state index contributed by atoms with van der Waals surface area (Å²) in [5.74, 6) is 0. The van der Waals surface area contributed by atoms with E-state index in [-0.39, 0.29) is 0 Å². The van der Waals surface area contributed by atoms with Gasteiger partial charge in [-0.25, -0.2) is 4.68 Å². The monoisotopic (exact) mass is 447 g/mol. The van der Waals surface area contributed by atoms with Gasteiger partial charge in [0, 0.05) is 43.2 Å². The molecule has 2 heterocycles. The summed E-state index contributed by atoms with van der Waals surface area (Å²) in [6.45, 7) is 10.7. The molecule has 1 N–H and O–H groups in total. The maximum atomic E-state index is 11.4. The van der Waals surface area contributed by atoms with Crippen LogP contribution < -0.4 is 5.32 Å². The third-order valence-corrected chi connectivity index (χ3v) is 6.14. The van der Waals surface area contributed by atoms with Crippen LogP contribution in [0.3, 0.4) is 0 Å². The van der Waals surface area contributed by atoms with Gasteiger partial charge in [-0.05, 0) is 14.0 Å². The quantitative estimate of drug-likeness (QED) is 0.297. The Morgan fingerprint density at radius 3 is 2.13 bits per heavy atom. The van der Waals surface area contributed by atoms with Gasteiger partial charge in [0.05, 0.1) is 76.0 Å². The standard InChI is InChI=1S/C19H37N5O5S/c1-17-19(16-23-14-18(15-23)30(3)25)21-22-24(17)5-7-27-9-11-29-13-12-28-10-8-26-6-4-20-2/h18,20H,4-16H2,1-3H3. The van der Waals surface area contributed by atoms with Gasteiger partial charge in [-0.1, -0.05) is 5.21 Å². The maximum absolute atomic E-state index is 11.4. The number of ether oxygens (including phenoxy) is 4. The summed E-state index contributed by atoms with van der Waals surface area (Å²) < 4.78 is 35.2. The molecule has 0 amide bonds. The zero-order valence-electron chi connectivity index (χ0n) is 18.5. The summed E-state index contributed by atoms with van der Waals surface area (Å²) in [5, 5.41) is 11.8. The summed E-state index contributed by atoms with van der Waals surface area (Å²) in [7, 11) is 1.16. The van der Waals surface area contributed by atoms with Crippen molar-refractivity contribution in [3.05, 3.63) is 11.4 Å². The van der Waals surface area contributed by atoms with Crippen molar-refractivity contribution in [3.8, 4) is 0 Å². The van der Waals surface area contributed by atoms with Crippen LogP contribution in [-0.2, 0) is 42.8 Å². The van der Waals surface area contributed by atoms with E-state index in [2.05, 4.69) is 20.5 Å². The van der Waals surface area contributed by atoms with Crippen LogP contribution in [0.15, 0.2) is 0 Å². The highest BCUT2D eigenvalue weighted by Gasteiger charge is 2.30. The van der Waals surface area contributed by atoms with E-state index in [1.807, 2.05) is 18.7 Å². The second kappa shape index (κ2) is 15.0. The zero-order valence-corrected chi connectivity index (χ0v) is 19.3. The Bertz CT molecular complexity index is 612. The molecular weight excluding hydrogens is 410 g/mol. The van der Waals surface area contributed by atoms with E-state index in [4.69, 9.17) is 18.9 Å². The molecule has 0 radical (unpaired) electrons. The highest BCUT2D eigenvalue weighted by molar-refractivity contribution is 7.85. The molecule has 1 unspecified atom stereocenters. The van der Waals surface area contributed by atoms with Crippen molar-refractivity contribution in [2.45, 2.75) is 25.3 Å². The third-order valence-electron chi connectivity index (χ3n) is 4.90. The maximum Gasteiger partial charge on any atom is 0.0996 e. The molecule has 1 aromatic heterocycles. The molecule has 0 spiro atoms. The van der Waals surface area contributed by atoms with Gasteiger partial charge >= 0.3 is 0 Å². The minimum Gasteiger partial charge on any atom is -0.378 e. The Morgan fingerprint density at radius 1 is 1.00 bits per heavy atom. The topological polar surface area (TPSA) is 100.0 Å². The van der Waals surface area contributed by atoms with E-state index in [0.717, 1.165) is 37.6 Å². The van der Waals surface area contributed by atoms with Crippen molar-refractivity contribution in [1.82, 2.24) is 25.2 Å². The predicted octanol–water partition coefficient (Wildman–Crippen LogP) is -0.565. The van der Waals surface area contributed by atoms with E-state index in [9.17, 15) is 4.21 Å². The van der Waals surface area contributed by atoms with Crippen LogP contribution >= 0.6 is 0 Å². The lowest BCUT2D eigenvalue weighted by Gasteiger charge is -2.37. The summed E-state index contributed by atoms with van der Waals surface area (Å²) >= 11 is 0. The van der Waals surface area contributed by atoms with E-state index in [0.29, 0.717) is 64.6 Å². The number of nitrogens with one attached hydrogen (secondary N) is 1. The normalized spacial score (nSPS) is 16.1. The van der Waals surface area contributed by atoms with Gasteiger partial charge in [-0.15, -0.1) is 5.10 Å². The fraction of sp³-hybridized carbons (Fsp3) is 0.895. The molecule has 11 heteroatoms. The third kappa shape index (κ3) is 9.46. The molecule has 1 fully saturated rings. The lowest BCUT2D eigenvalue weighted by atomic mass is 10.2. The molecule has 10 nitrogen and oxygen atoms in total. The lowest BCUT2D eigenvalue weighted by Crippen LogP contribution is -2.52. The van der Waals surface area contributed by atoms with Crippen LogP contribution in [0, 0.1) is 6.92 Å². The molecule has 1 saturated heterocycles. The van der Waals surface area contributed by atoms with Gasteiger partial charge in [0.25, 0.3) is 0 Å². The number of rotatable bonds is 18. The first-order chi connectivity index (χ1) is 14.6. The second-order valence-electron chi connectivity index (χ2n) is 7.21. The average molecular weight is 448 g/mol. The first-order valence-electron chi connectivity index (χ1n) is 10.5. The molecule has 1 aromatic rings. The number of likely N-dealkylation sites (N-methyl/N-ethyl adjacent to an activating group) is 1. The van der Waals surface area contributed by atoms with Gasteiger partial charge in [-0.2, -0.15) is 0 Å². The SMILES string of the molecule is CNCCOCCOCCOCCOCCn1nnc(CN2CC(S(C)=O)C2)c1C. The van der Waals surface area contributed by atoms with Crippen molar-refractivity contribution in [1.29, 1.82) is 0 Å². The Morgan fingerprint density at radius 2 is 1.57 bits per heavy atom. The fourth-order valence-corrected chi connectivity index (χ4v) is 3.76. The average Bonchev–Trinajstić information content (AvgIpc) is 3.04. The highest BCUT2D eigenvalue weighted by atomic mass is 32.2. The van der Waals surface area contributed by atoms with E-state index in [1.165, 1.54) is 0 Å². The van der Waals surface area contributed by atoms with Gasteiger partial charge in [-0.3, -0.25) is 9.11 Å². The van der Waals surface area contributed by atoms with Crippen LogP contribution in [0.25, 0.3) is 0 Å². The minimum absolute atomic E-state index is 0.296. The van der Waals surface area contributed by atoms with Crippen molar-refractivity contribution in [2.75, 3.05) is 85.8 Å². The van der Waals surface area contributed by atoms with Gasteiger partial charge < -0.3 is 24.3 Å². The molecule has 1 aliphatic rings. The van der Waals surface area contributed by atoms with Crippen LogP contribution in [0.1, 0.15) is 11.4 Å². The summed E-state index contributed by atoms with van der Waals surface area (Å²) in [6, 6.07) is 0. The molecule has 1 atom stereocenters. The molecule has 2 rings (SSSR count). The van der Waals surface area contributed by atoms with Gasteiger partial charge in [0.1, 0.15) is 0 Å². The number of hydrogen-bond donors (Lipinski definition) is 1. The Kier molecular flexibility index (Phi) is 12.6. The van der Waals surface area contributed by atoms with Crippen LogP contribution in [-0.4, -0.2) is 115 Å². The first-order valence-corrected chi connectivity index (χ1v) is 12.1. The first kappa shape index (κ1) is 25.3. The number of hydrogen-bond acceptors (Lipinski definition) is 9. The van der Waals surface area contributed by atoms with Crippen LogP contribution in [0.5, 0.6) is 0 Å². The van der Waals surface area contributed by atoms with Crippen molar-refractivity contribution in [2.24, 2.45) is 0 Å². The smallest absolute Gasteiger partial charge is 0.0996 e. The molecule has 0 aromatic carbocycles. The molecule has 0 bridgehead atoms. The molecule has 30 heavy (non-hydrogen) atoms. The van der Waals surface area contributed by atoms with Gasteiger partial charge in [0.2, 0.25) is 0 Å². The minimum atomic E-state index is -0.738. The lowest BCUT2D eigenvalue weighted by molar-refractivity contribution is -0.00238. The molecule has 174 valence electrons. The number of nitrogens with zero attached hydrogens (tertiary/aromatic N) is 4. The number of likely N-dealkylation sites (tertiary alicyclic amines) is 1. The fourth-order valence-electron chi connectivity index (χ4n) is 2.92.